The molecule has 146 valence electrons. The zero-order valence-corrected chi connectivity index (χ0v) is 16.9. The van der Waals surface area contributed by atoms with E-state index >= 15 is 0 Å². The fourth-order valence-corrected chi connectivity index (χ4v) is 3.68. The third kappa shape index (κ3) is 5.42. The highest BCUT2D eigenvalue weighted by Gasteiger charge is 2.26. The van der Waals surface area contributed by atoms with E-state index in [1.807, 2.05) is 18.3 Å². The summed E-state index contributed by atoms with van der Waals surface area (Å²) in [5, 5.41) is 10.1. The summed E-state index contributed by atoms with van der Waals surface area (Å²) < 4.78 is 2.12. The number of aromatic nitrogens is 2. The summed E-state index contributed by atoms with van der Waals surface area (Å²) in [5.74, 6) is 0.883. The molecule has 2 aromatic heterocycles. The standard InChI is InChI=1S/C21H29ClN4O/c1-17(2)7-10-25-12-11-24(15-19(25)8-13-27)16-20-4-3-9-26(20)21-6-5-18(22)14-23-21/h3-7,9,14,19,27H,8,10-13,15-16H2,1-2H3/t19-/m0/s1. The van der Waals surface area contributed by atoms with Crippen LogP contribution in [0.1, 0.15) is 26.0 Å². The Labute approximate surface area is 166 Å². The number of halogens is 1. The highest BCUT2D eigenvalue weighted by atomic mass is 35.5. The lowest BCUT2D eigenvalue weighted by Crippen LogP contribution is -2.53. The summed E-state index contributed by atoms with van der Waals surface area (Å²) in [5.41, 5.74) is 2.55. The van der Waals surface area contributed by atoms with Crippen LogP contribution in [0, 0.1) is 0 Å². The molecule has 0 radical (unpaired) electrons. The van der Waals surface area contributed by atoms with Gasteiger partial charge in [0.15, 0.2) is 0 Å². The maximum Gasteiger partial charge on any atom is 0.136 e. The minimum atomic E-state index is 0.231. The minimum absolute atomic E-state index is 0.231. The molecule has 0 amide bonds. The summed E-state index contributed by atoms with van der Waals surface area (Å²) in [7, 11) is 0. The van der Waals surface area contributed by atoms with E-state index in [1.54, 1.807) is 6.20 Å². The van der Waals surface area contributed by atoms with Gasteiger partial charge in [0.25, 0.3) is 0 Å². The monoisotopic (exact) mass is 388 g/mol. The molecule has 0 aromatic carbocycles. The normalized spacial score (nSPS) is 18.6. The van der Waals surface area contributed by atoms with Crippen molar-refractivity contribution in [3.8, 4) is 5.82 Å². The van der Waals surface area contributed by atoms with Crippen LogP contribution in [0.3, 0.4) is 0 Å². The Morgan fingerprint density at radius 2 is 2.15 bits per heavy atom. The minimum Gasteiger partial charge on any atom is -0.396 e. The molecular weight excluding hydrogens is 360 g/mol. The van der Waals surface area contributed by atoms with Gasteiger partial charge in [-0.2, -0.15) is 0 Å². The number of aliphatic hydroxyl groups excluding tert-OH is 1. The number of allylic oxidation sites excluding steroid dienone is 1. The van der Waals surface area contributed by atoms with Gasteiger partial charge in [-0.05, 0) is 44.5 Å². The van der Waals surface area contributed by atoms with Gasteiger partial charge in [-0.1, -0.05) is 23.3 Å². The molecule has 0 saturated carbocycles. The fraction of sp³-hybridized carbons (Fsp3) is 0.476. The van der Waals surface area contributed by atoms with Gasteiger partial charge in [0.2, 0.25) is 0 Å². The van der Waals surface area contributed by atoms with Gasteiger partial charge in [0.1, 0.15) is 5.82 Å². The second-order valence-corrected chi connectivity index (χ2v) is 7.82. The Morgan fingerprint density at radius 3 is 2.85 bits per heavy atom. The number of aliphatic hydroxyl groups is 1. The lowest BCUT2D eigenvalue weighted by atomic mass is 10.1. The number of rotatable bonds is 7. The van der Waals surface area contributed by atoms with E-state index in [0.29, 0.717) is 11.1 Å². The van der Waals surface area contributed by atoms with E-state index < -0.39 is 0 Å². The van der Waals surface area contributed by atoms with Crippen LogP contribution in [0.4, 0.5) is 0 Å². The first-order valence-electron chi connectivity index (χ1n) is 9.55. The maximum absolute atomic E-state index is 9.49. The highest BCUT2D eigenvalue weighted by molar-refractivity contribution is 6.30. The lowest BCUT2D eigenvalue weighted by Gasteiger charge is -2.41. The first-order valence-corrected chi connectivity index (χ1v) is 9.93. The van der Waals surface area contributed by atoms with Gasteiger partial charge in [0.05, 0.1) is 5.02 Å². The van der Waals surface area contributed by atoms with Crippen LogP contribution in [-0.2, 0) is 6.54 Å². The topological polar surface area (TPSA) is 44.5 Å². The molecule has 3 rings (SSSR count). The van der Waals surface area contributed by atoms with Gasteiger partial charge in [-0.25, -0.2) is 4.98 Å². The molecule has 1 saturated heterocycles. The second kappa shape index (κ2) is 9.51. The molecule has 1 aliphatic heterocycles. The van der Waals surface area contributed by atoms with E-state index in [0.717, 1.165) is 45.0 Å². The van der Waals surface area contributed by atoms with E-state index in [-0.39, 0.29) is 6.61 Å². The van der Waals surface area contributed by atoms with Crippen molar-refractivity contribution in [2.75, 3.05) is 32.8 Å². The Morgan fingerprint density at radius 1 is 1.30 bits per heavy atom. The zero-order valence-electron chi connectivity index (χ0n) is 16.2. The Hall–Kier alpha value is -1.66. The van der Waals surface area contributed by atoms with Crippen LogP contribution in [0.5, 0.6) is 0 Å². The molecule has 5 nitrogen and oxygen atoms in total. The van der Waals surface area contributed by atoms with E-state index in [1.165, 1.54) is 11.3 Å². The molecule has 1 aliphatic rings. The molecule has 27 heavy (non-hydrogen) atoms. The summed E-state index contributed by atoms with van der Waals surface area (Å²) in [6.07, 6.45) is 6.81. The van der Waals surface area contributed by atoms with Gasteiger partial charge >= 0.3 is 0 Å². The van der Waals surface area contributed by atoms with Gasteiger partial charge < -0.3 is 9.67 Å². The molecule has 0 aliphatic carbocycles. The molecule has 2 aromatic rings. The average molecular weight is 389 g/mol. The fourth-order valence-electron chi connectivity index (χ4n) is 3.57. The number of hydrogen-bond acceptors (Lipinski definition) is 4. The predicted octanol–water partition coefficient (Wildman–Crippen LogP) is 3.36. The van der Waals surface area contributed by atoms with Crippen molar-refractivity contribution < 1.29 is 5.11 Å². The van der Waals surface area contributed by atoms with E-state index in [4.69, 9.17) is 11.6 Å². The zero-order chi connectivity index (χ0) is 19.2. The van der Waals surface area contributed by atoms with Crippen LogP contribution < -0.4 is 0 Å². The molecular formula is C21H29ClN4O. The molecule has 1 N–H and O–H groups in total. The van der Waals surface area contributed by atoms with Crippen LogP contribution in [0.2, 0.25) is 5.02 Å². The summed E-state index contributed by atoms with van der Waals surface area (Å²) in [6.45, 7) is 9.35. The van der Waals surface area contributed by atoms with Crippen LogP contribution in [0.15, 0.2) is 48.3 Å². The number of nitrogens with zero attached hydrogens (tertiary/aromatic N) is 4. The average Bonchev–Trinajstić information content (AvgIpc) is 3.10. The second-order valence-electron chi connectivity index (χ2n) is 7.38. The summed E-state index contributed by atoms with van der Waals surface area (Å²) in [4.78, 5) is 9.40. The smallest absolute Gasteiger partial charge is 0.136 e. The van der Waals surface area contributed by atoms with Crippen molar-refractivity contribution in [3.63, 3.8) is 0 Å². The molecule has 1 atom stereocenters. The largest absolute Gasteiger partial charge is 0.396 e. The third-order valence-electron chi connectivity index (χ3n) is 5.06. The molecule has 0 spiro atoms. The van der Waals surface area contributed by atoms with Crippen molar-refractivity contribution in [1.29, 1.82) is 0 Å². The number of pyridine rings is 1. The van der Waals surface area contributed by atoms with E-state index in [9.17, 15) is 5.11 Å². The third-order valence-corrected chi connectivity index (χ3v) is 5.29. The number of hydrogen-bond donors (Lipinski definition) is 1. The van der Waals surface area contributed by atoms with Crippen LogP contribution >= 0.6 is 11.6 Å². The van der Waals surface area contributed by atoms with E-state index in [2.05, 4.69) is 51.4 Å². The molecule has 3 heterocycles. The van der Waals surface area contributed by atoms with Gasteiger partial charge in [-0.3, -0.25) is 9.80 Å². The number of piperazine rings is 1. The Balaban J connectivity index is 1.67. The molecule has 0 unspecified atom stereocenters. The Bertz CT molecular complexity index is 752. The maximum atomic E-state index is 9.49. The quantitative estimate of drug-likeness (QED) is 0.739. The molecule has 1 fully saturated rings. The molecule has 6 heteroatoms. The molecule has 0 bridgehead atoms. The van der Waals surface area contributed by atoms with Crippen LogP contribution in [0.25, 0.3) is 5.82 Å². The summed E-state index contributed by atoms with van der Waals surface area (Å²) in [6, 6.07) is 8.40. The van der Waals surface area contributed by atoms with Crippen LogP contribution in [-0.4, -0.2) is 63.3 Å². The van der Waals surface area contributed by atoms with Gasteiger partial charge in [0, 0.05) is 63.5 Å². The lowest BCUT2D eigenvalue weighted by molar-refractivity contribution is 0.0627. The predicted molar refractivity (Wildman–Crippen MR) is 110 cm³/mol. The SMILES string of the molecule is CC(C)=CCN1CCN(Cc2cccn2-c2ccc(Cl)cn2)C[C@@H]1CCO. The van der Waals surface area contributed by atoms with Crippen molar-refractivity contribution in [3.05, 3.63) is 59.0 Å². The summed E-state index contributed by atoms with van der Waals surface area (Å²) >= 11 is 5.96. The highest BCUT2D eigenvalue weighted by Crippen LogP contribution is 2.19. The first kappa shape index (κ1) is 20.1. The van der Waals surface area contributed by atoms with Crippen molar-refractivity contribution in [1.82, 2.24) is 19.4 Å². The Kier molecular flexibility index (Phi) is 7.07. The van der Waals surface area contributed by atoms with Gasteiger partial charge in [-0.15, -0.1) is 0 Å². The first-order chi connectivity index (χ1) is 13.1. The van der Waals surface area contributed by atoms with Crippen molar-refractivity contribution in [2.45, 2.75) is 32.9 Å². The van der Waals surface area contributed by atoms with Crippen molar-refractivity contribution in [2.24, 2.45) is 0 Å². The van der Waals surface area contributed by atoms with Crippen molar-refractivity contribution >= 4 is 11.6 Å².